The molecule has 2 atom stereocenters. The summed E-state index contributed by atoms with van der Waals surface area (Å²) in [6.45, 7) is 2.81. The maximum absolute atomic E-state index is 6.08. The highest BCUT2D eigenvalue weighted by Gasteiger charge is 2.17. The van der Waals surface area contributed by atoms with Gasteiger partial charge in [-0.05, 0) is 38.7 Å². The van der Waals surface area contributed by atoms with Crippen LogP contribution in [-0.4, -0.2) is 48.3 Å². The summed E-state index contributed by atoms with van der Waals surface area (Å²) in [4.78, 5) is 6.49. The Morgan fingerprint density at radius 3 is 2.68 bits per heavy atom. The van der Waals surface area contributed by atoms with E-state index in [9.17, 15) is 0 Å². The van der Waals surface area contributed by atoms with Crippen molar-refractivity contribution in [1.82, 2.24) is 25.3 Å². The third-order valence-corrected chi connectivity index (χ3v) is 4.36. The van der Waals surface area contributed by atoms with Gasteiger partial charge < -0.3 is 15.5 Å². The molecule has 0 spiro atoms. The number of rotatable bonds is 6. The summed E-state index contributed by atoms with van der Waals surface area (Å²) in [6, 6.07) is 8.14. The number of benzene rings is 1. The molecule has 136 valence electrons. The van der Waals surface area contributed by atoms with E-state index in [-0.39, 0.29) is 12.1 Å². The lowest BCUT2D eigenvalue weighted by molar-refractivity contribution is 0.298. The third kappa shape index (κ3) is 5.47. The van der Waals surface area contributed by atoms with Crippen molar-refractivity contribution in [2.24, 2.45) is 12.0 Å². The zero-order valence-electron chi connectivity index (χ0n) is 15.5. The number of likely N-dealkylation sites (N-methyl/N-ethyl adjacent to an activating group) is 1. The summed E-state index contributed by atoms with van der Waals surface area (Å²) in [5.74, 6) is 0.753. The molecule has 0 saturated heterocycles. The van der Waals surface area contributed by atoms with Gasteiger partial charge in [-0.15, -0.1) is 0 Å². The highest BCUT2D eigenvalue weighted by Crippen LogP contribution is 2.18. The van der Waals surface area contributed by atoms with Crippen LogP contribution in [0.5, 0.6) is 0 Å². The van der Waals surface area contributed by atoms with Gasteiger partial charge in [-0.1, -0.05) is 23.7 Å². The van der Waals surface area contributed by atoms with E-state index < -0.39 is 0 Å². The zero-order valence-corrected chi connectivity index (χ0v) is 16.2. The van der Waals surface area contributed by atoms with Crippen LogP contribution in [0.15, 0.2) is 41.7 Å². The lowest BCUT2D eigenvalue weighted by Gasteiger charge is -2.25. The first kappa shape index (κ1) is 19.3. The molecule has 0 aliphatic heterocycles. The van der Waals surface area contributed by atoms with Crippen LogP contribution in [0.1, 0.15) is 30.1 Å². The SMILES string of the molecule is CN=C(NCC(c1cnn(C)c1)N(C)C)NC(C)c1cccc(Cl)c1. The Kier molecular flexibility index (Phi) is 6.84. The number of guanidine groups is 1. The molecule has 1 heterocycles. The van der Waals surface area contributed by atoms with Gasteiger partial charge in [0.2, 0.25) is 0 Å². The van der Waals surface area contributed by atoms with Crippen molar-refractivity contribution in [3.05, 3.63) is 52.8 Å². The second-order valence-corrected chi connectivity index (χ2v) is 6.74. The van der Waals surface area contributed by atoms with Crippen molar-refractivity contribution in [2.75, 3.05) is 27.7 Å². The van der Waals surface area contributed by atoms with E-state index in [1.54, 1.807) is 7.05 Å². The molecule has 1 aromatic heterocycles. The minimum atomic E-state index is 0.0982. The Morgan fingerprint density at radius 2 is 2.12 bits per heavy atom. The first-order chi connectivity index (χ1) is 11.9. The number of aromatic nitrogens is 2. The van der Waals surface area contributed by atoms with E-state index in [4.69, 9.17) is 11.6 Å². The number of aryl methyl sites for hydroxylation is 1. The van der Waals surface area contributed by atoms with Crippen molar-refractivity contribution in [2.45, 2.75) is 19.0 Å². The van der Waals surface area contributed by atoms with Crippen LogP contribution < -0.4 is 10.6 Å². The van der Waals surface area contributed by atoms with Gasteiger partial charge in [0, 0.05) is 37.4 Å². The molecule has 2 unspecified atom stereocenters. The summed E-state index contributed by atoms with van der Waals surface area (Å²) < 4.78 is 1.82. The van der Waals surface area contributed by atoms with Crippen molar-refractivity contribution in [1.29, 1.82) is 0 Å². The number of nitrogens with zero attached hydrogens (tertiary/aromatic N) is 4. The fraction of sp³-hybridized carbons (Fsp3) is 0.444. The molecule has 0 bridgehead atoms. The van der Waals surface area contributed by atoms with Gasteiger partial charge >= 0.3 is 0 Å². The average molecular weight is 363 g/mol. The van der Waals surface area contributed by atoms with Gasteiger partial charge in [0.15, 0.2) is 5.96 Å². The molecule has 1 aromatic carbocycles. The summed E-state index contributed by atoms with van der Waals surface area (Å²) in [5.41, 5.74) is 2.28. The number of nitrogens with one attached hydrogen (secondary N) is 2. The number of hydrogen-bond acceptors (Lipinski definition) is 3. The number of halogens is 1. The lowest BCUT2D eigenvalue weighted by atomic mass is 10.1. The smallest absolute Gasteiger partial charge is 0.191 e. The molecule has 7 heteroatoms. The molecule has 0 radical (unpaired) electrons. The Morgan fingerprint density at radius 1 is 1.36 bits per heavy atom. The fourth-order valence-corrected chi connectivity index (χ4v) is 2.86. The molecular weight excluding hydrogens is 336 g/mol. The normalized spacial score (nSPS) is 14.4. The van der Waals surface area contributed by atoms with Gasteiger partial charge in [0.25, 0.3) is 0 Å². The van der Waals surface area contributed by atoms with E-state index >= 15 is 0 Å². The van der Waals surface area contributed by atoms with Crippen LogP contribution in [-0.2, 0) is 7.05 Å². The Hall–Kier alpha value is -2.05. The van der Waals surface area contributed by atoms with Crippen molar-refractivity contribution in [3.8, 4) is 0 Å². The quantitative estimate of drug-likeness (QED) is 0.612. The van der Waals surface area contributed by atoms with Gasteiger partial charge in [-0.25, -0.2) is 0 Å². The molecule has 0 aliphatic rings. The van der Waals surface area contributed by atoms with Crippen molar-refractivity contribution in [3.63, 3.8) is 0 Å². The molecule has 6 nitrogen and oxygen atoms in total. The van der Waals surface area contributed by atoms with E-state index in [0.29, 0.717) is 0 Å². The molecular formula is C18H27ClN6. The van der Waals surface area contributed by atoms with Crippen LogP contribution in [0.25, 0.3) is 0 Å². The average Bonchev–Trinajstić information content (AvgIpc) is 2.99. The molecule has 0 saturated carbocycles. The Balaban J connectivity index is 1.99. The van der Waals surface area contributed by atoms with Gasteiger partial charge in [-0.2, -0.15) is 5.10 Å². The maximum atomic E-state index is 6.08. The van der Waals surface area contributed by atoms with E-state index in [1.807, 2.05) is 42.3 Å². The summed E-state index contributed by atoms with van der Waals surface area (Å²) in [7, 11) is 7.82. The van der Waals surface area contributed by atoms with E-state index in [1.165, 1.54) is 5.56 Å². The van der Waals surface area contributed by atoms with Crippen LogP contribution in [0.2, 0.25) is 5.02 Å². The largest absolute Gasteiger partial charge is 0.354 e. The van der Waals surface area contributed by atoms with Crippen LogP contribution in [0.4, 0.5) is 0 Å². The van der Waals surface area contributed by atoms with Crippen LogP contribution in [0, 0.1) is 0 Å². The molecule has 25 heavy (non-hydrogen) atoms. The minimum absolute atomic E-state index is 0.0982. The second kappa shape index (κ2) is 8.87. The Bertz CT molecular complexity index is 709. The highest BCUT2D eigenvalue weighted by atomic mass is 35.5. The minimum Gasteiger partial charge on any atom is -0.354 e. The van der Waals surface area contributed by atoms with Crippen LogP contribution >= 0.6 is 11.6 Å². The summed E-state index contributed by atoms with van der Waals surface area (Å²) >= 11 is 6.08. The van der Waals surface area contributed by atoms with Crippen molar-refractivity contribution < 1.29 is 0 Å². The molecule has 0 aliphatic carbocycles. The standard InChI is InChI=1S/C18H27ClN6/c1-13(14-7-6-8-16(19)9-14)23-18(20-2)21-11-17(24(3)4)15-10-22-25(5)12-15/h6-10,12-13,17H,11H2,1-5H3,(H2,20,21,23). The lowest BCUT2D eigenvalue weighted by Crippen LogP contribution is -2.42. The van der Waals surface area contributed by atoms with Gasteiger partial charge in [-0.3, -0.25) is 9.67 Å². The predicted octanol–water partition coefficient (Wildman–Crippen LogP) is 2.60. The maximum Gasteiger partial charge on any atom is 0.191 e. The van der Waals surface area contributed by atoms with E-state index in [0.717, 1.165) is 23.1 Å². The predicted molar refractivity (Wildman–Crippen MR) is 104 cm³/mol. The second-order valence-electron chi connectivity index (χ2n) is 6.30. The first-order valence-electron chi connectivity index (χ1n) is 8.28. The number of aliphatic imine (C=N–C) groups is 1. The summed E-state index contributed by atoms with van der Waals surface area (Å²) in [6.07, 6.45) is 3.94. The van der Waals surface area contributed by atoms with Gasteiger partial charge in [0.1, 0.15) is 0 Å². The zero-order chi connectivity index (χ0) is 18.4. The molecule has 0 fully saturated rings. The highest BCUT2D eigenvalue weighted by molar-refractivity contribution is 6.30. The van der Waals surface area contributed by atoms with Gasteiger partial charge in [0.05, 0.1) is 18.3 Å². The molecule has 2 aromatic rings. The molecule has 0 amide bonds. The first-order valence-corrected chi connectivity index (χ1v) is 8.66. The fourth-order valence-electron chi connectivity index (χ4n) is 2.66. The summed E-state index contributed by atoms with van der Waals surface area (Å²) in [5, 5.41) is 11.8. The third-order valence-electron chi connectivity index (χ3n) is 4.12. The molecule has 2 rings (SSSR count). The number of hydrogen-bond donors (Lipinski definition) is 2. The van der Waals surface area contributed by atoms with Crippen LogP contribution in [0.3, 0.4) is 0 Å². The van der Waals surface area contributed by atoms with Crippen molar-refractivity contribution >= 4 is 17.6 Å². The topological polar surface area (TPSA) is 57.5 Å². The Labute approximate surface area is 154 Å². The molecule has 2 N–H and O–H groups in total. The van der Waals surface area contributed by atoms with E-state index in [2.05, 4.69) is 52.7 Å². The monoisotopic (exact) mass is 362 g/mol.